The predicted octanol–water partition coefficient (Wildman–Crippen LogP) is 1.91. The molecule has 1 aliphatic heterocycles. The van der Waals surface area contributed by atoms with E-state index in [2.05, 4.69) is 0 Å². The SMILES string of the molecule is CN1CCCN(Cc2ccc(Cl)c([N+](=O)[O-])c2)CC1=O. The van der Waals surface area contributed by atoms with Gasteiger partial charge < -0.3 is 4.90 Å². The first-order valence-electron chi connectivity index (χ1n) is 6.36. The van der Waals surface area contributed by atoms with Gasteiger partial charge in [0.2, 0.25) is 5.91 Å². The maximum Gasteiger partial charge on any atom is 0.288 e. The van der Waals surface area contributed by atoms with Crippen LogP contribution in [0.15, 0.2) is 18.2 Å². The van der Waals surface area contributed by atoms with Crippen LogP contribution in [0.2, 0.25) is 5.02 Å². The standard InChI is InChI=1S/C13H16ClN3O3/c1-15-5-2-6-16(9-13(15)18)8-10-3-4-11(14)12(7-10)17(19)20/h3-4,7H,2,5-6,8-9H2,1H3. The van der Waals surface area contributed by atoms with Gasteiger partial charge in [-0.1, -0.05) is 17.7 Å². The van der Waals surface area contributed by atoms with Crippen LogP contribution in [-0.2, 0) is 11.3 Å². The van der Waals surface area contributed by atoms with Crippen molar-refractivity contribution < 1.29 is 9.72 Å². The lowest BCUT2D eigenvalue weighted by molar-refractivity contribution is -0.384. The third kappa shape index (κ3) is 3.46. The Hall–Kier alpha value is -1.66. The number of nitro benzene ring substituents is 1. The molecule has 6 nitrogen and oxygen atoms in total. The summed E-state index contributed by atoms with van der Waals surface area (Å²) in [5.41, 5.74) is 0.695. The molecule has 1 saturated heterocycles. The first-order valence-corrected chi connectivity index (χ1v) is 6.74. The third-order valence-corrected chi connectivity index (χ3v) is 3.69. The molecule has 1 heterocycles. The molecule has 1 aromatic carbocycles. The minimum Gasteiger partial charge on any atom is -0.345 e. The van der Waals surface area contributed by atoms with Gasteiger partial charge in [-0.05, 0) is 18.1 Å². The van der Waals surface area contributed by atoms with Gasteiger partial charge in [0, 0.05) is 32.7 Å². The molecule has 7 heteroatoms. The Morgan fingerprint density at radius 3 is 2.85 bits per heavy atom. The first-order chi connectivity index (χ1) is 9.47. The van der Waals surface area contributed by atoms with Crippen LogP contribution in [0, 0.1) is 10.1 Å². The number of carbonyl (C=O) groups is 1. The highest BCUT2D eigenvalue weighted by molar-refractivity contribution is 6.32. The summed E-state index contributed by atoms with van der Waals surface area (Å²) in [6, 6.07) is 4.76. The van der Waals surface area contributed by atoms with Crippen LogP contribution in [0.4, 0.5) is 5.69 Å². The van der Waals surface area contributed by atoms with Gasteiger partial charge in [0.1, 0.15) is 5.02 Å². The van der Waals surface area contributed by atoms with Crippen LogP contribution in [0.1, 0.15) is 12.0 Å². The number of halogens is 1. The quantitative estimate of drug-likeness (QED) is 0.631. The molecule has 0 atom stereocenters. The Balaban J connectivity index is 2.11. The summed E-state index contributed by atoms with van der Waals surface area (Å²) in [4.78, 5) is 25.9. The summed E-state index contributed by atoms with van der Waals surface area (Å²) in [5, 5.41) is 11.0. The van der Waals surface area contributed by atoms with Crippen LogP contribution in [0.5, 0.6) is 0 Å². The monoisotopic (exact) mass is 297 g/mol. The topological polar surface area (TPSA) is 66.7 Å². The van der Waals surface area contributed by atoms with Crippen molar-refractivity contribution in [3.8, 4) is 0 Å². The van der Waals surface area contributed by atoms with Crippen LogP contribution in [-0.4, -0.2) is 47.3 Å². The van der Waals surface area contributed by atoms with E-state index in [0.29, 0.717) is 13.1 Å². The number of carbonyl (C=O) groups excluding carboxylic acids is 1. The van der Waals surface area contributed by atoms with E-state index in [-0.39, 0.29) is 16.6 Å². The normalized spacial score (nSPS) is 17.1. The molecule has 2 rings (SSSR count). The molecule has 1 amide bonds. The van der Waals surface area contributed by atoms with Gasteiger partial charge in [0.15, 0.2) is 0 Å². The fourth-order valence-corrected chi connectivity index (χ4v) is 2.42. The number of likely N-dealkylation sites (N-methyl/N-ethyl adjacent to an activating group) is 1. The molecule has 0 N–H and O–H groups in total. The Morgan fingerprint density at radius 2 is 2.15 bits per heavy atom. The number of hydrogen-bond acceptors (Lipinski definition) is 4. The fourth-order valence-electron chi connectivity index (χ4n) is 2.24. The Kier molecular flexibility index (Phi) is 4.57. The van der Waals surface area contributed by atoms with E-state index >= 15 is 0 Å². The van der Waals surface area contributed by atoms with Gasteiger partial charge >= 0.3 is 0 Å². The molecule has 20 heavy (non-hydrogen) atoms. The second kappa shape index (κ2) is 6.19. The number of nitrogens with zero attached hydrogens (tertiary/aromatic N) is 3. The average molecular weight is 298 g/mol. The number of hydrogen-bond donors (Lipinski definition) is 0. The highest BCUT2D eigenvalue weighted by Crippen LogP contribution is 2.25. The van der Waals surface area contributed by atoms with Crippen molar-refractivity contribution in [2.24, 2.45) is 0 Å². The van der Waals surface area contributed by atoms with Crippen molar-refractivity contribution >= 4 is 23.2 Å². The molecule has 1 fully saturated rings. The first kappa shape index (κ1) is 14.7. The summed E-state index contributed by atoms with van der Waals surface area (Å²) in [6.07, 6.45) is 0.901. The molecule has 108 valence electrons. The molecular weight excluding hydrogens is 282 g/mol. The number of nitro groups is 1. The largest absolute Gasteiger partial charge is 0.345 e. The van der Waals surface area contributed by atoms with E-state index in [9.17, 15) is 14.9 Å². The Bertz CT molecular complexity index is 536. The number of rotatable bonds is 3. The molecule has 0 radical (unpaired) electrons. The van der Waals surface area contributed by atoms with E-state index in [4.69, 9.17) is 11.6 Å². The second-order valence-electron chi connectivity index (χ2n) is 4.92. The maximum atomic E-state index is 11.8. The second-order valence-corrected chi connectivity index (χ2v) is 5.33. The van der Waals surface area contributed by atoms with E-state index in [1.165, 1.54) is 12.1 Å². The zero-order chi connectivity index (χ0) is 14.7. The molecule has 1 aliphatic rings. The molecule has 0 spiro atoms. The molecule has 0 aromatic heterocycles. The average Bonchev–Trinajstić information content (AvgIpc) is 2.54. The van der Waals surface area contributed by atoms with Gasteiger partial charge in [-0.25, -0.2) is 0 Å². The Morgan fingerprint density at radius 1 is 1.40 bits per heavy atom. The lowest BCUT2D eigenvalue weighted by Gasteiger charge is -2.19. The van der Waals surface area contributed by atoms with Crippen LogP contribution < -0.4 is 0 Å². The molecule has 0 unspecified atom stereocenters. The van der Waals surface area contributed by atoms with Crippen molar-refractivity contribution in [1.82, 2.24) is 9.80 Å². The van der Waals surface area contributed by atoms with Gasteiger partial charge in [0.05, 0.1) is 11.5 Å². The highest BCUT2D eigenvalue weighted by atomic mass is 35.5. The molecule has 0 aliphatic carbocycles. The van der Waals surface area contributed by atoms with Crippen LogP contribution >= 0.6 is 11.6 Å². The van der Waals surface area contributed by atoms with Crippen LogP contribution in [0.3, 0.4) is 0 Å². The van der Waals surface area contributed by atoms with Gasteiger partial charge in [0.25, 0.3) is 5.69 Å². The van der Waals surface area contributed by atoms with E-state index in [1.54, 1.807) is 18.0 Å². The van der Waals surface area contributed by atoms with Gasteiger partial charge in [-0.15, -0.1) is 0 Å². The van der Waals surface area contributed by atoms with Crippen molar-refractivity contribution in [2.75, 3.05) is 26.7 Å². The molecule has 0 saturated carbocycles. The third-order valence-electron chi connectivity index (χ3n) is 3.37. The van der Waals surface area contributed by atoms with Crippen molar-refractivity contribution in [3.05, 3.63) is 38.9 Å². The Labute approximate surface area is 122 Å². The lowest BCUT2D eigenvalue weighted by atomic mass is 10.2. The molecule has 0 bridgehead atoms. The summed E-state index contributed by atoms with van der Waals surface area (Å²) >= 11 is 5.79. The summed E-state index contributed by atoms with van der Waals surface area (Å²) < 4.78 is 0. The predicted molar refractivity (Wildman–Crippen MR) is 75.6 cm³/mol. The van der Waals surface area contributed by atoms with Crippen molar-refractivity contribution in [1.29, 1.82) is 0 Å². The zero-order valence-corrected chi connectivity index (χ0v) is 12.0. The zero-order valence-electron chi connectivity index (χ0n) is 11.2. The smallest absolute Gasteiger partial charge is 0.288 e. The van der Waals surface area contributed by atoms with Crippen LogP contribution in [0.25, 0.3) is 0 Å². The van der Waals surface area contributed by atoms with Gasteiger partial charge in [-0.3, -0.25) is 19.8 Å². The summed E-state index contributed by atoms with van der Waals surface area (Å²) in [6.45, 7) is 2.40. The van der Waals surface area contributed by atoms with Crippen molar-refractivity contribution in [3.63, 3.8) is 0 Å². The number of benzene rings is 1. The van der Waals surface area contributed by atoms with E-state index in [0.717, 1.165) is 25.1 Å². The summed E-state index contributed by atoms with van der Waals surface area (Å²) in [7, 11) is 1.79. The number of amides is 1. The van der Waals surface area contributed by atoms with E-state index in [1.807, 2.05) is 4.90 Å². The summed E-state index contributed by atoms with van der Waals surface area (Å²) in [5.74, 6) is 0.0750. The highest BCUT2D eigenvalue weighted by Gasteiger charge is 2.20. The molecule has 1 aromatic rings. The lowest BCUT2D eigenvalue weighted by Crippen LogP contribution is -2.34. The van der Waals surface area contributed by atoms with E-state index < -0.39 is 4.92 Å². The van der Waals surface area contributed by atoms with Crippen molar-refractivity contribution in [2.45, 2.75) is 13.0 Å². The minimum absolute atomic E-state index is 0.0750. The maximum absolute atomic E-state index is 11.8. The minimum atomic E-state index is -0.493. The van der Waals surface area contributed by atoms with Gasteiger partial charge in [-0.2, -0.15) is 0 Å². The fraction of sp³-hybridized carbons (Fsp3) is 0.462. The molecular formula is C13H16ClN3O3.